The zero-order valence-electron chi connectivity index (χ0n) is 15.7. The lowest BCUT2D eigenvalue weighted by atomic mass is 10.2. The molecule has 140 valence electrons. The van der Waals surface area contributed by atoms with Gasteiger partial charge in [0, 0.05) is 56.1 Å². The molecule has 3 aromatic heterocycles. The molecule has 0 aliphatic heterocycles. The Balaban J connectivity index is 1.61. The summed E-state index contributed by atoms with van der Waals surface area (Å²) in [7, 11) is 1.87. The second-order valence-electron chi connectivity index (χ2n) is 7.10. The number of aromatic nitrogens is 5. The first kappa shape index (κ1) is 17.5. The second kappa shape index (κ2) is 7.34. The van der Waals surface area contributed by atoms with Crippen molar-refractivity contribution in [2.24, 2.45) is 13.0 Å². The van der Waals surface area contributed by atoms with E-state index >= 15 is 0 Å². The fraction of sp³-hybridized carbons (Fsp3) is 0.400. The number of hydrogen-bond acceptors (Lipinski definition) is 4. The van der Waals surface area contributed by atoms with Gasteiger partial charge in [-0.25, -0.2) is 9.97 Å². The van der Waals surface area contributed by atoms with Crippen LogP contribution in [-0.2, 0) is 13.6 Å². The minimum atomic E-state index is -0.0174. The molecular formula is C20H24N6O. The maximum absolute atomic E-state index is 12.5. The summed E-state index contributed by atoms with van der Waals surface area (Å²) in [6.45, 7) is 3.63. The van der Waals surface area contributed by atoms with Crippen molar-refractivity contribution >= 4 is 5.91 Å². The van der Waals surface area contributed by atoms with Crippen LogP contribution in [0, 0.1) is 5.92 Å². The van der Waals surface area contributed by atoms with Crippen LogP contribution < -0.4 is 5.32 Å². The Morgan fingerprint density at radius 3 is 2.67 bits per heavy atom. The number of carbonyl (C=O) groups is 1. The predicted molar refractivity (Wildman–Crippen MR) is 103 cm³/mol. The van der Waals surface area contributed by atoms with E-state index in [2.05, 4.69) is 31.9 Å². The van der Waals surface area contributed by atoms with E-state index in [9.17, 15) is 4.79 Å². The van der Waals surface area contributed by atoms with E-state index in [-0.39, 0.29) is 5.91 Å². The molecule has 1 fully saturated rings. The molecule has 7 heteroatoms. The maximum Gasteiger partial charge on any atom is 0.267 e. The monoisotopic (exact) mass is 364 g/mol. The van der Waals surface area contributed by atoms with E-state index in [0.717, 1.165) is 29.8 Å². The van der Waals surface area contributed by atoms with Gasteiger partial charge >= 0.3 is 0 Å². The first-order valence-corrected chi connectivity index (χ1v) is 9.45. The van der Waals surface area contributed by atoms with Gasteiger partial charge in [-0.3, -0.25) is 9.48 Å². The molecule has 3 heterocycles. The number of rotatable bonds is 7. The minimum absolute atomic E-state index is 0.0174. The minimum Gasteiger partial charge on any atom is -0.351 e. The van der Waals surface area contributed by atoms with Gasteiger partial charge in [0.05, 0.1) is 0 Å². The summed E-state index contributed by atoms with van der Waals surface area (Å²) >= 11 is 0. The molecule has 1 saturated carbocycles. The first-order valence-electron chi connectivity index (χ1n) is 9.45. The Labute approximate surface area is 158 Å². The van der Waals surface area contributed by atoms with Gasteiger partial charge in [-0.15, -0.1) is 0 Å². The SMILES string of the molecule is CCCNC(=O)c1cc(-c2cnc(-c3ccnn3C)nc2)cn1CC1CC1. The number of nitrogens with one attached hydrogen (secondary N) is 1. The van der Waals surface area contributed by atoms with Crippen LogP contribution in [-0.4, -0.2) is 36.8 Å². The summed E-state index contributed by atoms with van der Waals surface area (Å²) in [5.74, 6) is 1.31. The number of carbonyl (C=O) groups excluding carboxylic acids is 1. The van der Waals surface area contributed by atoms with E-state index < -0.39 is 0 Å². The first-order chi connectivity index (χ1) is 13.2. The summed E-state index contributed by atoms with van der Waals surface area (Å²) in [6, 6.07) is 3.83. The molecular weight excluding hydrogens is 340 g/mol. The van der Waals surface area contributed by atoms with Gasteiger partial charge in [-0.05, 0) is 37.3 Å². The molecule has 0 spiro atoms. The van der Waals surface area contributed by atoms with E-state index in [0.29, 0.717) is 24.0 Å². The van der Waals surface area contributed by atoms with Gasteiger partial charge < -0.3 is 9.88 Å². The molecule has 0 unspecified atom stereocenters. The average Bonchev–Trinajstić information content (AvgIpc) is 3.23. The summed E-state index contributed by atoms with van der Waals surface area (Å²) in [4.78, 5) is 21.5. The highest BCUT2D eigenvalue weighted by molar-refractivity contribution is 5.94. The van der Waals surface area contributed by atoms with Crippen LogP contribution in [0.1, 0.15) is 36.7 Å². The molecule has 4 rings (SSSR count). The molecule has 0 aromatic carbocycles. The average molecular weight is 364 g/mol. The quantitative estimate of drug-likeness (QED) is 0.699. The van der Waals surface area contributed by atoms with E-state index in [1.807, 2.05) is 25.4 Å². The van der Waals surface area contributed by atoms with Gasteiger partial charge in [0.25, 0.3) is 5.91 Å². The fourth-order valence-electron chi connectivity index (χ4n) is 3.12. The van der Waals surface area contributed by atoms with Crippen molar-refractivity contribution < 1.29 is 4.79 Å². The number of hydrogen-bond donors (Lipinski definition) is 1. The molecule has 1 N–H and O–H groups in total. The fourth-order valence-corrected chi connectivity index (χ4v) is 3.12. The third-order valence-electron chi connectivity index (χ3n) is 4.85. The lowest BCUT2D eigenvalue weighted by molar-refractivity contribution is 0.0944. The van der Waals surface area contributed by atoms with Crippen LogP contribution in [0.4, 0.5) is 0 Å². The standard InChI is InChI=1S/C20H24N6O/c1-3-7-21-20(27)18-9-15(13-26(18)12-14-4-5-14)16-10-22-19(23-11-16)17-6-8-24-25(17)2/h6,8-11,13-14H,3-5,7,12H2,1-2H3,(H,21,27). The number of nitrogens with zero attached hydrogens (tertiary/aromatic N) is 5. The largest absolute Gasteiger partial charge is 0.351 e. The molecule has 0 radical (unpaired) electrons. The predicted octanol–water partition coefficient (Wildman–Crippen LogP) is 2.90. The normalized spacial score (nSPS) is 13.7. The summed E-state index contributed by atoms with van der Waals surface area (Å²) in [5, 5.41) is 7.14. The zero-order valence-corrected chi connectivity index (χ0v) is 15.7. The molecule has 0 bridgehead atoms. The van der Waals surface area contributed by atoms with Crippen molar-refractivity contribution in [3.05, 3.63) is 42.6 Å². The van der Waals surface area contributed by atoms with Crippen molar-refractivity contribution in [2.75, 3.05) is 6.54 Å². The third-order valence-corrected chi connectivity index (χ3v) is 4.85. The highest BCUT2D eigenvalue weighted by atomic mass is 16.1. The van der Waals surface area contributed by atoms with Crippen LogP contribution in [0.2, 0.25) is 0 Å². The molecule has 27 heavy (non-hydrogen) atoms. The lowest BCUT2D eigenvalue weighted by Gasteiger charge is -2.08. The van der Waals surface area contributed by atoms with E-state index in [4.69, 9.17) is 0 Å². The second-order valence-corrected chi connectivity index (χ2v) is 7.10. The van der Waals surface area contributed by atoms with Crippen molar-refractivity contribution in [1.82, 2.24) is 29.6 Å². The van der Waals surface area contributed by atoms with E-state index in [1.165, 1.54) is 12.8 Å². The summed E-state index contributed by atoms with van der Waals surface area (Å²) in [6.07, 6.45) is 10.8. The Kier molecular flexibility index (Phi) is 4.75. The topological polar surface area (TPSA) is 77.6 Å². The molecule has 1 aliphatic rings. The van der Waals surface area contributed by atoms with Crippen LogP contribution in [0.5, 0.6) is 0 Å². The number of amides is 1. The Bertz CT molecular complexity index is 936. The summed E-state index contributed by atoms with van der Waals surface area (Å²) < 4.78 is 3.82. The highest BCUT2D eigenvalue weighted by Crippen LogP contribution is 2.32. The van der Waals surface area contributed by atoms with Crippen molar-refractivity contribution in [3.63, 3.8) is 0 Å². The molecule has 7 nitrogen and oxygen atoms in total. The molecule has 1 amide bonds. The highest BCUT2D eigenvalue weighted by Gasteiger charge is 2.24. The molecule has 0 saturated heterocycles. The van der Waals surface area contributed by atoms with Gasteiger partial charge in [-0.1, -0.05) is 6.92 Å². The third kappa shape index (κ3) is 3.77. The summed E-state index contributed by atoms with van der Waals surface area (Å²) in [5.41, 5.74) is 3.45. The zero-order chi connectivity index (χ0) is 18.8. The smallest absolute Gasteiger partial charge is 0.267 e. The van der Waals surface area contributed by atoms with Gasteiger partial charge in [0.1, 0.15) is 11.4 Å². The van der Waals surface area contributed by atoms with E-state index in [1.54, 1.807) is 23.3 Å². The Morgan fingerprint density at radius 2 is 2.04 bits per heavy atom. The molecule has 0 atom stereocenters. The Morgan fingerprint density at radius 1 is 1.26 bits per heavy atom. The lowest BCUT2D eigenvalue weighted by Crippen LogP contribution is -2.26. The van der Waals surface area contributed by atoms with Gasteiger partial charge in [0.2, 0.25) is 0 Å². The number of aryl methyl sites for hydroxylation is 1. The van der Waals surface area contributed by atoms with Crippen LogP contribution in [0.3, 0.4) is 0 Å². The Hall–Kier alpha value is -2.96. The van der Waals surface area contributed by atoms with Crippen LogP contribution in [0.15, 0.2) is 36.9 Å². The van der Waals surface area contributed by atoms with Gasteiger partial charge in [-0.2, -0.15) is 5.10 Å². The van der Waals surface area contributed by atoms with Crippen LogP contribution in [0.25, 0.3) is 22.6 Å². The molecule has 3 aromatic rings. The molecule has 1 aliphatic carbocycles. The van der Waals surface area contributed by atoms with Crippen molar-refractivity contribution in [1.29, 1.82) is 0 Å². The van der Waals surface area contributed by atoms with Gasteiger partial charge in [0.15, 0.2) is 5.82 Å². The van der Waals surface area contributed by atoms with Crippen molar-refractivity contribution in [3.8, 4) is 22.6 Å². The maximum atomic E-state index is 12.5. The van der Waals surface area contributed by atoms with Crippen molar-refractivity contribution in [2.45, 2.75) is 32.7 Å². The van der Waals surface area contributed by atoms with Crippen LogP contribution >= 0.6 is 0 Å².